The van der Waals surface area contributed by atoms with E-state index in [-0.39, 0.29) is 5.91 Å². The van der Waals surface area contributed by atoms with Crippen LogP contribution in [-0.2, 0) is 6.54 Å². The highest BCUT2D eigenvalue weighted by Crippen LogP contribution is 2.30. The van der Waals surface area contributed by atoms with Gasteiger partial charge in [-0.25, -0.2) is 4.68 Å². The fourth-order valence-electron chi connectivity index (χ4n) is 3.02. The summed E-state index contributed by atoms with van der Waals surface area (Å²) in [4.78, 5) is 14.3. The van der Waals surface area contributed by atoms with Crippen LogP contribution in [0.2, 0.25) is 10.0 Å². The molecule has 0 bridgehead atoms. The number of rotatable bonds is 4. The number of thiophene rings is 1. The van der Waals surface area contributed by atoms with Crippen molar-refractivity contribution in [2.24, 2.45) is 0 Å². The zero-order chi connectivity index (χ0) is 19.8. The third-order valence-corrected chi connectivity index (χ3v) is 6.17. The number of nitrogens with zero attached hydrogens (tertiary/aromatic N) is 2. The first kappa shape index (κ1) is 19.0. The minimum Gasteiger partial charge on any atom is -0.347 e. The van der Waals surface area contributed by atoms with E-state index in [1.807, 2.05) is 48.9 Å². The Morgan fingerprint density at radius 2 is 1.96 bits per heavy atom. The third kappa shape index (κ3) is 3.65. The number of benzene rings is 2. The molecular weight excluding hydrogens is 413 g/mol. The normalized spacial score (nSPS) is 11.1. The zero-order valence-electron chi connectivity index (χ0n) is 15.3. The molecule has 4 aromatic rings. The Kier molecular flexibility index (Phi) is 5.15. The zero-order valence-corrected chi connectivity index (χ0v) is 17.6. The highest BCUT2D eigenvalue weighted by atomic mass is 35.5. The van der Waals surface area contributed by atoms with Crippen LogP contribution >= 0.6 is 34.5 Å². The fourth-order valence-corrected chi connectivity index (χ4v) is 4.60. The Balaban J connectivity index is 1.61. The summed E-state index contributed by atoms with van der Waals surface area (Å²) in [5.74, 6) is -0.137. The minimum atomic E-state index is -0.137. The Morgan fingerprint density at radius 3 is 2.71 bits per heavy atom. The third-order valence-electron chi connectivity index (χ3n) is 4.47. The lowest BCUT2D eigenvalue weighted by atomic mass is 10.2. The molecule has 0 radical (unpaired) electrons. The average Bonchev–Trinajstić information content (AvgIpc) is 3.22. The van der Waals surface area contributed by atoms with Crippen molar-refractivity contribution >= 4 is 50.7 Å². The lowest BCUT2D eigenvalue weighted by Gasteiger charge is -2.06. The largest absolute Gasteiger partial charge is 0.347 e. The lowest BCUT2D eigenvalue weighted by molar-refractivity contribution is 0.0955. The van der Waals surface area contributed by atoms with Crippen LogP contribution in [0.15, 0.2) is 48.5 Å². The van der Waals surface area contributed by atoms with E-state index >= 15 is 0 Å². The minimum absolute atomic E-state index is 0.137. The van der Waals surface area contributed by atoms with E-state index in [1.165, 1.54) is 11.3 Å². The quantitative estimate of drug-likeness (QED) is 0.436. The monoisotopic (exact) mass is 429 g/mol. The molecule has 0 fully saturated rings. The van der Waals surface area contributed by atoms with Gasteiger partial charge in [-0.15, -0.1) is 11.3 Å². The molecule has 0 atom stereocenters. The molecule has 0 unspecified atom stereocenters. The van der Waals surface area contributed by atoms with Crippen LogP contribution < -0.4 is 5.32 Å². The summed E-state index contributed by atoms with van der Waals surface area (Å²) in [6, 6.07) is 15.3. The van der Waals surface area contributed by atoms with Gasteiger partial charge in [-0.2, -0.15) is 5.10 Å². The summed E-state index contributed by atoms with van der Waals surface area (Å²) in [5.41, 5.74) is 3.86. The van der Waals surface area contributed by atoms with E-state index in [0.29, 0.717) is 21.5 Å². The van der Waals surface area contributed by atoms with Crippen molar-refractivity contribution < 1.29 is 4.79 Å². The summed E-state index contributed by atoms with van der Waals surface area (Å²) in [6.45, 7) is 4.34. The molecular formula is C21H17Cl2N3OS. The van der Waals surface area contributed by atoms with Gasteiger partial charge in [0.2, 0.25) is 0 Å². The topological polar surface area (TPSA) is 46.9 Å². The molecule has 142 valence electrons. The second-order valence-corrected chi connectivity index (χ2v) is 8.46. The highest BCUT2D eigenvalue weighted by molar-refractivity contribution is 7.20. The molecule has 2 aromatic heterocycles. The van der Waals surface area contributed by atoms with Crippen molar-refractivity contribution in [1.29, 1.82) is 0 Å². The van der Waals surface area contributed by atoms with Crippen LogP contribution in [0.25, 0.3) is 15.9 Å². The van der Waals surface area contributed by atoms with Crippen molar-refractivity contribution in [3.05, 3.63) is 80.3 Å². The summed E-state index contributed by atoms with van der Waals surface area (Å²) in [6.07, 6.45) is 0. The number of fused-ring (bicyclic) bond motifs is 1. The van der Waals surface area contributed by atoms with Crippen molar-refractivity contribution in [3.8, 4) is 5.69 Å². The molecule has 0 saturated heterocycles. The number of halogens is 2. The van der Waals surface area contributed by atoms with Crippen molar-refractivity contribution in [1.82, 2.24) is 15.1 Å². The first-order valence-electron chi connectivity index (χ1n) is 8.71. The Hall–Kier alpha value is -2.34. The maximum absolute atomic E-state index is 12.7. The SMILES string of the molecule is Cc1cccc(-n2nc(C)c3cc(C(=O)NCc4ccc(Cl)cc4Cl)sc32)c1. The lowest BCUT2D eigenvalue weighted by Crippen LogP contribution is -2.21. The number of nitrogens with one attached hydrogen (secondary N) is 1. The first-order valence-corrected chi connectivity index (χ1v) is 10.3. The van der Waals surface area contributed by atoms with Gasteiger partial charge < -0.3 is 5.32 Å². The van der Waals surface area contributed by atoms with E-state index < -0.39 is 0 Å². The van der Waals surface area contributed by atoms with Crippen LogP contribution in [0.4, 0.5) is 0 Å². The predicted molar refractivity (Wildman–Crippen MR) is 116 cm³/mol. The van der Waals surface area contributed by atoms with Gasteiger partial charge in [0, 0.05) is 22.0 Å². The molecule has 2 heterocycles. The molecule has 0 aliphatic carbocycles. The summed E-state index contributed by atoms with van der Waals surface area (Å²) < 4.78 is 1.90. The van der Waals surface area contributed by atoms with E-state index in [9.17, 15) is 4.79 Å². The van der Waals surface area contributed by atoms with Gasteiger partial charge in [0.1, 0.15) is 4.83 Å². The van der Waals surface area contributed by atoms with Gasteiger partial charge in [0.05, 0.1) is 16.3 Å². The van der Waals surface area contributed by atoms with E-state index in [0.717, 1.165) is 32.7 Å². The molecule has 4 rings (SSSR count). The van der Waals surface area contributed by atoms with Gasteiger partial charge in [0.25, 0.3) is 5.91 Å². The Labute approximate surface area is 176 Å². The second kappa shape index (κ2) is 7.59. The van der Waals surface area contributed by atoms with Crippen LogP contribution in [0.1, 0.15) is 26.5 Å². The van der Waals surface area contributed by atoms with Crippen molar-refractivity contribution in [3.63, 3.8) is 0 Å². The van der Waals surface area contributed by atoms with Crippen LogP contribution in [0.3, 0.4) is 0 Å². The molecule has 0 aliphatic rings. The molecule has 28 heavy (non-hydrogen) atoms. The standard InChI is InChI=1S/C21H17Cl2N3OS/c1-12-4-3-5-16(8-12)26-21-17(13(2)25-26)10-19(28-21)20(27)24-11-14-6-7-15(22)9-18(14)23/h3-10H,11H2,1-2H3,(H,24,27). The molecule has 7 heteroatoms. The number of aryl methyl sites for hydroxylation is 2. The number of aromatic nitrogens is 2. The molecule has 0 saturated carbocycles. The Morgan fingerprint density at radius 1 is 1.14 bits per heavy atom. The van der Waals surface area contributed by atoms with E-state index in [1.54, 1.807) is 12.1 Å². The van der Waals surface area contributed by atoms with Gasteiger partial charge in [-0.1, -0.05) is 41.4 Å². The number of carbonyl (C=O) groups excluding carboxylic acids is 1. The van der Waals surface area contributed by atoms with Gasteiger partial charge in [-0.05, 0) is 55.3 Å². The van der Waals surface area contributed by atoms with Crippen LogP contribution in [-0.4, -0.2) is 15.7 Å². The summed E-state index contributed by atoms with van der Waals surface area (Å²) >= 11 is 13.5. The fraction of sp³-hybridized carbons (Fsp3) is 0.143. The second-order valence-electron chi connectivity index (χ2n) is 6.58. The van der Waals surface area contributed by atoms with Gasteiger partial charge in [0.15, 0.2) is 0 Å². The molecule has 0 aliphatic heterocycles. The smallest absolute Gasteiger partial charge is 0.261 e. The summed E-state index contributed by atoms with van der Waals surface area (Å²) in [5, 5.41) is 9.66. The van der Waals surface area contributed by atoms with E-state index in [4.69, 9.17) is 23.2 Å². The van der Waals surface area contributed by atoms with Crippen LogP contribution in [0.5, 0.6) is 0 Å². The van der Waals surface area contributed by atoms with Crippen molar-refractivity contribution in [2.75, 3.05) is 0 Å². The first-order chi connectivity index (χ1) is 13.4. The number of carbonyl (C=O) groups is 1. The predicted octanol–water partition coefficient (Wildman–Crippen LogP) is 5.94. The molecule has 1 amide bonds. The molecule has 4 nitrogen and oxygen atoms in total. The maximum Gasteiger partial charge on any atom is 0.261 e. The van der Waals surface area contributed by atoms with Gasteiger partial charge in [-0.3, -0.25) is 4.79 Å². The highest BCUT2D eigenvalue weighted by Gasteiger charge is 2.17. The molecule has 0 spiro atoms. The van der Waals surface area contributed by atoms with Crippen LogP contribution in [0, 0.1) is 13.8 Å². The van der Waals surface area contributed by atoms with Crippen molar-refractivity contribution in [2.45, 2.75) is 20.4 Å². The van der Waals surface area contributed by atoms with E-state index in [2.05, 4.69) is 16.5 Å². The number of amides is 1. The maximum atomic E-state index is 12.7. The average molecular weight is 430 g/mol. The summed E-state index contributed by atoms with van der Waals surface area (Å²) in [7, 11) is 0. The molecule has 2 aromatic carbocycles. The molecule has 1 N–H and O–H groups in total. The number of hydrogen-bond acceptors (Lipinski definition) is 3. The number of hydrogen-bond donors (Lipinski definition) is 1. The van der Waals surface area contributed by atoms with Gasteiger partial charge >= 0.3 is 0 Å². The Bertz CT molecular complexity index is 1200.